The van der Waals surface area contributed by atoms with Crippen LogP contribution in [0.2, 0.25) is 0 Å². The Morgan fingerprint density at radius 2 is 1.50 bits per heavy atom. The van der Waals surface area contributed by atoms with Gasteiger partial charge in [0.1, 0.15) is 23.7 Å². The Bertz CT molecular complexity index is 1760. The summed E-state index contributed by atoms with van der Waals surface area (Å²) >= 11 is 0. The van der Waals surface area contributed by atoms with Gasteiger partial charge in [-0.2, -0.15) is 8.78 Å². The van der Waals surface area contributed by atoms with Crippen LogP contribution < -0.4 is 9.80 Å². The summed E-state index contributed by atoms with van der Waals surface area (Å²) in [5.41, 5.74) is -0.928. The first-order chi connectivity index (χ1) is 22.0. The zero-order valence-electron chi connectivity index (χ0n) is 24.7. The highest BCUT2D eigenvalue weighted by Crippen LogP contribution is 2.47. The molecule has 2 unspecified atom stereocenters. The molecular formula is C32H30F4N8O2. The van der Waals surface area contributed by atoms with E-state index in [9.17, 15) is 19.0 Å². The standard InChI is InChI=1S/C32H30F4N8O2/c1-21(45)29-10-8-26(18-37-29)43-14-12-42(13-15-43)25-6-2-22(3-7-25)23-4-11-30(38-17-23)32(35,36)31(46,19-44-20-39-40-41-44)27-9-5-24(33)16-28(27)34/h2-11,16-18,20-21,45-46H,12-15,19H2,1H3. The van der Waals surface area contributed by atoms with Gasteiger partial charge in [0.25, 0.3) is 0 Å². The van der Waals surface area contributed by atoms with E-state index in [0.717, 1.165) is 72.3 Å². The molecule has 0 aliphatic carbocycles. The molecule has 4 heterocycles. The minimum absolute atomic E-state index is 0.422. The van der Waals surface area contributed by atoms with E-state index >= 15 is 8.78 Å². The molecule has 46 heavy (non-hydrogen) atoms. The second kappa shape index (κ2) is 12.4. The molecule has 0 spiro atoms. The Morgan fingerprint density at radius 1 is 0.826 bits per heavy atom. The summed E-state index contributed by atoms with van der Waals surface area (Å²) in [7, 11) is 0. The van der Waals surface area contributed by atoms with Crippen molar-refractivity contribution in [3.8, 4) is 11.1 Å². The van der Waals surface area contributed by atoms with Crippen molar-refractivity contribution >= 4 is 11.4 Å². The molecule has 0 radical (unpaired) electrons. The number of benzene rings is 2. The van der Waals surface area contributed by atoms with Gasteiger partial charge in [-0.3, -0.25) is 9.97 Å². The Labute approximate surface area is 261 Å². The number of aliphatic hydroxyl groups is 2. The minimum Gasteiger partial charge on any atom is -0.387 e. The number of hydrogen-bond acceptors (Lipinski definition) is 9. The first kappa shape index (κ1) is 31.0. The van der Waals surface area contributed by atoms with E-state index in [0.29, 0.717) is 17.3 Å². The second-order valence-corrected chi connectivity index (χ2v) is 11.1. The average Bonchev–Trinajstić information content (AvgIpc) is 3.58. The lowest BCUT2D eigenvalue weighted by atomic mass is 9.84. The molecule has 2 N–H and O–H groups in total. The van der Waals surface area contributed by atoms with Crippen molar-refractivity contribution in [3.63, 3.8) is 0 Å². The van der Waals surface area contributed by atoms with Crippen molar-refractivity contribution in [2.24, 2.45) is 0 Å². The molecule has 238 valence electrons. The summed E-state index contributed by atoms with van der Waals surface area (Å²) in [5, 5.41) is 31.4. The van der Waals surface area contributed by atoms with Crippen LogP contribution in [0.25, 0.3) is 11.1 Å². The lowest BCUT2D eigenvalue weighted by Gasteiger charge is -2.37. The predicted molar refractivity (Wildman–Crippen MR) is 161 cm³/mol. The third-order valence-electron chi connectivity index (χ3n) is 8.17. The van der Waals surface area contributed by atoms with Gasteiger partial charge in [-0.25, -0.2) is 13.5 Å². The summed E-state index contributed by atoms with van der Waals surface area (Å²) in [4.78, 5) is 12.8. The maximum Gasteiger partial charge on any atom is 0.323 e. The van der Waals surface area contributed by atoms with Crippen molar-refractivity contribution in [2.75, 3.05) is 36.0 Å². The maximum atomic E-state index is 16.1. The molecule has 1 aliphatic rings. The van der Waals surface area contributed by atoms with Crippen LogP contribution in [0.4, 0.5) is 28.9 Å². The third kappa shape index (κ3) is 6.00. The van der Waals surface area contributed by atoms with Gasteiger partial charge in [-0.05, 0) is 65.4 Å². The molecule has 0 amide bonds. The van der Waals surface area contributed by atoms with E-state index in [1.54, 1.807) is 13.1 Å². The fraction of sp³-hybridized carbons (Fsp3) is 0.281. The quantitative estimate of drug-likeness (QED) is 0.227. The summed E-state index contributed by atoms with van der Waals surface area (Å²) in [5.74, 6) is -6.48. The van der Waals surface area contributed by atoms with Crippen LogP contribution in [0.15, 0.2) is 85.5 Å². The molecule has 6 rings (SSSR count). The zero-order valence-corrected chi connectivity index (χ0v) is 24.7. The molecule has 1 aliphatic heterocycles. The number of tetrazole rings is 1. The molecule has 0 saturated carbocycles. The largest absolute Gasteiger partial charge is 0.387 e. The molecule has 2 aromatic carbocycles. The number of rotatable bonds is 9. The summed E-state index contributed by atoms with van der Waals surface area (Å²) in [6.07, 6.45) is 3.42. The highest BCUT2D eigenvalue weighted by Gasteiger charge is 2.58. The molecule has 2 atom stereocenters. The predicted octanol–water partition coefficient (Wildman–Crippen LogP) is 4.47. The van der Waals surface area contributed by atoms with E-state index in [4.69, 9.17) is 0 Å². The molecule has 5 aromatic rings. The zero-order chi connectivity index (χ0) is 32.5. The normalized spacial score (nSPS) is 15.9. The van der Waals surface area contributed by atoms with E-state index in [1.165, 1.54) is 12.3 Å². The summed E-state index contributed by atoms with van der Waals surface area (Å²) in [6.45, 7) is 3.90. The number of alkyl halides is 2. The highest BCUT2D eigenvalue weighted by molar-refractivity contribution is 5.66. The number of hydrogen-bond donors (Lipinski definition) is 2. The molecule has 10 nitrogen and oxygen atoms in total. The number of anilines is 2. The van der Waals surface area contributed by atoms with Crippen molar-refractivity contribution < 1.29 is 27.8 Å². The van der Waals surface area contributed by atoms with Crippen LogP contribution >= 0.6 is 0 Å². The smallest absolute Gasteiger partial charge is 0.323 e. The molecular weight excluding hydrogens is 604 g/mol. The van der Waals surface area contributed by atoms with E-state index in [2.05, 4.69) is 35.3 Å². The SMILES string of the molecule is CC(O)c1ccc(N2CCN(c3ccc(-c4ccc(C(F)(F)C(O)(Cn5cnnn5)c5ccc(F)cc5F)nc4)cc3)CC2)cn1. The van der Waals surface area contributed by atoms with Gasteiger partial charge in [0.05, 0.1) is 30.2 Å². The number of nitrogens with zero attached hydrogens (tertiary/aromatic N) is 8. The van der Waals surface area contributed by atoms with Crippen LogP contribution in [0.3, 0.4) is 0 Å². The van der Waals surface area contributed by atoms with Gasteiger partial charge in [-0.1, -0.05) is 18.2 Å². The topological polar surface area (TPSA) is 116 Å². The Morgan fingerprint density at radius 3 is 2.07 bits per heavy atom. The fourth-order valence-corrected chi connectivity index (χ4v) is 5.55. The van der Waals surface area contributed by atoms with Crippen LogP contribution in [0, 0.1) is 11.6 Å². The Balaban J connectivity index is 1.17. The van der Waals surface area contributed by atoms with Crippen LogP contribution in [0.1, 0.15) is 30.0 Å². The molecule has 1 fully saturated rings. The average molecular weight is 635 g/mol. The summed E-state index contributed by atoms with van der Waals surface area (Å²) in [6, 6.07) is 15.9. The van der Waals surface area contributed by atoms with Gasteiger partial charge < -0.3 is 20.0 Å². The van der Waals surface area contributed by atoms with E-state index < -0.39 is 47.1 Å². The van der Waals surface area contributed by atoms with Gasteiger partial charge >= 0.3 is 5.92 Å². The molecule has 0 bridgehead atoms. The van der Waals surface area contributed by atoms with Gasteiger partial charge in [0.15, 0.2) is 5.60 Å². The van der Waals surface area contributed by atoms with Crippen molar-refractivity contribution in [1.29, 1.82) is 0 Å². The lowest BCUT2D eigenvalue weighted by molar-refractivity contribution is -0.207. The van der Waals surface area contributed by atoms with Crippen molar-refractivity contribution in [1.82, 2.24) is 30.2 Å². The first-order valence-corrected chi connectivity index (χ1v) is 14.5. The van der Waals surface area contributed by atoms with E-state index in [-0.39, 0.29) is 0 Å². The second-order valence-electron chi connectivity index (χ2n) is 11.1. The highest BCUT2D eigenvalue weighted by atomic mass is 19.3. The van der Waals surface area contributed by atoms with Gasteiger partial charge in [0, 0.05) is 55.3 Å². The van der Waals surface area contributed by atoms with Crippen LogP contribution in [-0.2, 0) is 18.1 Å². The number of aliphatic hydroxyl groups excluding tert-OH is 1. The molecule has 14 heteroatoms. The lowest BCUT2D eigenvalue weighted by Crippen LogP contribution is -2.48. The Kier molecular flexibility index (Phi) is 8.40. The number of pyridine rings is 2. The first-order valence-electron chi connectivity index (χ1n) is 14.5. The number of piperazine rings is 1. The molecule has 1 saturated heterocycles. The van der Waals surface area contributed by atoms with Crippen LogP contribution in [-0.4, -0.2) is 66.6 Å². The summed E-state index contributed by atoms with van der Waals surface area (Å²) < 4.78 is 61.3. The molecule has 3 aromatic heterocycles. The van der Waals surface area contributed by atoms with Crippen LogP contribution in [0.5, 0.6) is 0 Å². The third-order valence-corrected chi connectivity index (χ3v) is 8.17. The number of aromatic nitrogens is 6. The maximum absolute atomic E-state index is 16.1. The Hall–Kier alpha value is -4.95. The number of halogens is 4. The van der Waals surface area contributed by atoms with Gasteiger partial charge in [0.2, 0.25) is 0 Å². The minimum atomic E-state index is -4.14. The van der Waals surface area contributed by atoms with Crippen molar-refractivity contribution in [2.45, 2.75) is 31.1 Å². The monoisotopic (exact) mass is 634 g/mol. The van der Waals surface area contributed by atoms with Gasteiger partial charge in [-0.15, -0.1) is 5.10 Å². The van der Waals surface area contributed by atoms with E-state index in [1.807, 2.05) is 36.4 Å². The van der Waals surface area contributed by atoms with Crippen molar-refractivity contribution in [3.05, 3.63) is 114 Å². The fourth-order valence-electron chi connectivity index (χ4n) is 5.55.